The maximum atomic E-state index is 13.5. The van der Waals surface area contributed by atoms with E-state index in [0.29, 0.717) is 5.02 Å². The number of benzene rings is 1. The lowest BCUT2D eigenvalue weighted by Crippen LogP contribution is -2.35. The monoisotopic (exact) mass is 269 g/mol. The highest BCUT2D eigenvalue weighted by atomic mass is 35.5. The minimum absolute atomic E-state index is 0.188. The molecule has 0 aliphatic heterocycles. The molecule has 1 fully saturated rings. The Hall–Kier alpha value is -0.600. The van der Waals surface area contributed by atoms with Crippen LogP contribution in [0.3, 0.4) is 0 Å². The van der Waals surface area contributed by atoms with Crippen molar-refractivity contribution in [1.82, 2.24) is 5.32 Å². The molecule has 0 spiro atoms. The highest BCUT2D eigenvalue weighted by molar-refractivity contribution is 6.31. The van der Waals surface area contributed by atoms with Gasteiger partial charge in [0.2, 0.25) is 0 Å². The van der Waals surface area contributed by atoms with Crippen LogP contribution in [-0.4, -0.2) is 13.1 Å². The van der Waals surface area contributed by atoms with Crippen LogP contribution >= 0.6 is 11.6 Å². The molecule has 3 heteroatoms. The quantitative estimate of drug-likeness (QED) is 0.822. The average molecular weight is 270 g/mol. The third-order valence-electron chi connectivity index (χ3n) is 3.97. The molecule has 1 N–H and O–H groups in total. The Labute approximate surface area is 114 Å². The Morgan fingerprint density at radius 1 is 1.44 bits per heavy atom. The zero-order chi connectivity index (χ0) is 13.2. The molecule has 18 heavy (non-hydrogen) atoms. The van der Waals surface area contributed by atoms with Gasteiger partial charge < -0.3 is 5.32 Å². The average Bonchev–Trinajstić information content (AvgIpc) is 3.17. The zero-order valence-corrected chi connectivity index (χ0v) is 11.9. The fourth-order valence-corrected chi connectivity index (χ4v) is 2.85. The fraction of sp³-hybridized carbons (Fsp3) is 0.600. The van der Waals surface area contributed by atoms with Crippen molar-refractivity contribution in [3.8, 4) is 0 Å². The Balaban J connectivity index is 2.15. The maximum absolute atomic E-state index is 13.5. The Kier molecular flexibility index (Phi) is 4.29. The van der Waals surface area contributed by atoms with Crippen LogP contribution in [0.5, 0.6) is 0 Å². The molecule has 0 heterocycles. The lowest BCUT2D eigenvalue weighted by Gasteiger charge is -2.30. The Morgan fingerprint density at radius 3 is 2.78 bits per heavy atom. The van der Waals surface area contributed by atoms with E-state index in [2.05, 4.69) is 19.2 Å². The minimum Gasteiger partial charge on any atom is -0.316 e. The van der Waals surface area contributed by atoms with Crippen molar-refractivity contribution in [2.75, 3.05) is 13.1 Å². The van der Waals surface area contributed by atoms with Crippen LogP contribution in [0.2, 0.25) is 5.02 Å². The van der Waals surface area contributed by atoms with Gasteiger partial charge in [0.05, 0.1) is 5.02 Å². The highest BCUT2D eigenvalue weighted by Crippen LogP contribution is 2.47. The standard InChI is InChI=1S/C15H21ClFN/c1-3-18-10-15(2,12-7-8-12)9-11-5-4-6-13(17)14(11)16/h4-6,12,18H,3,7-10H2,1-2H3. The van der Waals surface area contributed by atoms with Crippen molar-refractivity contribution in [3.63, 3.8) is 0 Å². The van der Waals surface area contributed by atoms with Gasteiger partial charge in [0.25, 0.3) is 0 Å². The summed E-state index contributed by atoms with van der Waals surface area (Å²) in [7, 11) is 0. The molecule has 100 valence electrons. The molecular formula is C15H21ClFN. The van der Waals surface area contributed by atoms with Gasteiger partial charge in [-0.2, -0.15) is 0 Å². The second kappa shape index (κ2) is 5.58. The summed E-state index contributed by atoms with van der Waals surface area (Å²) in [6, 6.07) is 5.11. The first-order valence-electron chi connectivity index (χ1n) is 6.70. The molecule has 1 unspecified atom stereocenters. The van der Waals surface area contributed by atoms with Gasteiger partial charge >= 0.3 is 0 Å². The van der Waals surface area contributed by atoms with Crippen LogP contribution in [-0.2, 0) is 6.42 Å². The summed E-state index contributed by atoms with van der Waals surface area (Å²) in [5.74, 6) is 0.437. The Morgan fingerprint density at radius 2 is 2.17 bits per heavy atom. The van der Waals surface area contributed by atoms with Crippen molar-refractivity contribution in [1.29, 1.82) is 0 Å². The predicted octanol–water partition coefficient (Wildman–Crippen LogP) is 4.05. The summed E-state index contributed by atoms with van der Waals surface area (Å²) >= 11 is 6.06. The lowest BCUT2D eigenvalue weighted by atomic mass is 9.79. The molecule has 1 aromatic carbocycles. The van der Waals surface area contributed by atoms with Gasteiger partial charge in [-0.25, -0.2) is 4.39 Å². The van der Waals surface area contributed by atoms with Crippen molar-refractivity contribution >= 4 is 11.6 Å². The van der Waals surface area contributed by atoms with E-state index in [4.69, 9.17) is 11.6 Å². The fourth-order valence-electron chi connectivity index (χ4n) is 2.66. The normalized spacial score (nSPS) is 18.7. The molecule has 1 aliphatic carbocycles. The molecule has 0 aromatic heterocycles. The van der Waals surface area contributed by atoms with Gasteiger partial charge in [-0.1, -0.05) is 37.6 Å². The van der Waals surface area contributed by atoms with Crippen molar-refractivity contribution in [2.24, 2.45) is 11.3 Å². The summed E-state index contributed by atoms with van der Waals surface area (Å²) in [6.07, 6.45) is 3.42. The lowest BCUT2D eigenvalue weighted by molar-refractivity contribution is 0.258. The highest BCUT2D eigenvalue weighted by Gasteiger charge is 2.41. The van der Waals surface area contributed by atoms with E-state index < -0.39 is 0 Å². The van der Waals surface area contributed by atoms with E-state index in [1.165, 1.54) is 18.9 Å². The second-order valence-electron chi connectivity index (χ2n) is 5.60. The van der Waals surface area contributed by atoms with E-state index >= 15 is 0 Å². The van der Waals surface area contributed by atoms with E-state index in [0.717, 1.165) is 31.0 Å². The van der Waals surface area contributed by atoms with Gasteiger partial charge in [-0.15, -0.1) is 0 Å². The molecule has 1 aliphatic rings. The molecular weight excluding hydrogens is 249 g/mol. The minimum atomic E-state index is -0.309. The van der Waals surface area contributed by atoms with E-state index in [1.807, 2.05) is 6.07 Å². The van der Waals surface area contributed by atoms with E-state index in [-0.39, 0.29) is 11.2 Å². The smallest absolute Gasteiger partial charge is 0.142 e. The predicted molar refractivity (Wildman–Crippen MR) is 74.5 cm³/mol. The van der Waals surface area contributed by atoms with Crippen LogP contribution in [0, 0.1) is 17.2 Å². The summed E-state index contributed by atoms with van der Waals surface area (Å²) in [5, 5.41) is 3.72. The van der Waals surface area contributed by atoms with E-state index in [9.17, 15) is 4.39 Å². The number of nitrogens with one attached hydrogen (secondary N) is 1. The second-order valence-corrected chi connectivity index (χ2v) is 5.98. The van der Waals surface area contributed by atoms with Gasteiger partial charge in [-0.05, 0) is 48.8 Å². The van der Waals surface area contributed by atoms with Gasteiger partial charge in [0.15, 0.2) is 0 Å². The molecule has 0 amide bonds. The number of rotatable bonds is 6. The molecule has 0 saturated heterocycles. The van der Waals surface area contributed by atoms with Crippen molar-refractivity contribution in [3.05, 3.63) is 34.6 Å². The largest absolute Gasteiger partial charge is 0.316 e. The first-order valence-corrected chi connectivity index (χ1v) is 7.08. The van der Waals surface area contributed by atoms with Gasteiger partial charge in [0, 0.05) is 6.54 Å². The molecule has 1 nitrogen and oxygen atoms in total. The molecule has 1 aromatic rings. The summed E-state index contributed by atoms with van der Waals surface area (Å²) in [6.45, 7) is 6.34. The van der Waals surface area contributed by atoms with E-state index in [1.54, 1.807) is 6.07 Å². The third kappa shape index (κ3) is 3.04. The number of halogens is 2. The van der Waals surface area contributed by atoms with Crippen LogP contribution in [0.4, 0.5) is 4.39 Å². The summed E-state index contributed by atoms with van der Waals surface area (Å²) in [4.78, 5) is 0. The molecule has 0 radical (unpaired) electrons. The first-order chi connectivity index (χ1) is 8.57. The molecule has 2 rings (SSSR count). The number of hydrogen-bond acceptors (Lipinski definition) is 1. The van der Waals surface area contributed by atoms with Crippen molar-refractivity contribution < 1.29 is 4.39 Å². The molecule has 1 atom stereocenters. The Bertz CT molecular complexity index is 417. The van der Waals surface area contributed by atoms with Crippen LogP contribution in [0.15, 0.2) is 18.2 Å². The SMILES string of the molecule is CCNCC(C)(Cc1cccc(F)c1Cl)C1CC1. The summed E-state index contributed by atoms with van der Waals surface area (Å²) in [5.41, 5.74) is 1.12. The van der Waals surface area contributed by atoms with Crippen molar-refractivity contribution in [2.45, 2.75) is 33.1 Å². The molecule has 0 bridgehead atoms. The number of hydrogen-bond donors (Lipinski definition) is 1. The van der Waals surface area contributed by atoms with Gasteiger partial charge in [-0.3, -0.25) is 0 Å². The molecule has 1 saturated carbocycles. The first kappa shape index (κ1) is 13.8. The van der Waals surface area contributed by atoms with Crippen LogP contribution in [0.25, 0.3) is 0 Å². The third-order valence-corrected chi connectivity index (χ3v) is 4.39. The zero-order valence-electron chi connectivity index (χ0n) is 11.1. The summed E-state index contributed by atoms with van der Waals surface area (Å²) < 4.78 is 13.5. The topological polar surface area (TPSA) is 12.0 Å². The van der Waals surface area contributed by atoms with Gasteiger partial charge in [0.1, 0.15) is 5.82 Å². The maximum Gasteiger partial charge on any atom is 0.142 e. The van der Waals surface area contributed by atoms with Crippen LogP contribution in [0.1, 0.15) is 32.3 Å². The van der Waals surface area contributed by atoms with Crippen LogP contribution < -0.4 is 5.32 Å².